The molecule has 0 amide bonds. The first-order chi connectivity index (χ1) is 18.9. The summed E-state index contributed by atoms with van der Waals surface area (Å²) in [5.74, 6) is 0. The summed E-state index contributed by atoms with van der Waals surface area (Å²) in [5.41, 5.74) is 5.95. The molecule has 0 saturated heterocycles. The number of aromatic nitrogens is 5. The van der Waals surface area contributed by atoms with Crippen LogP contribution in [-0.2, 0) is 12.7 Å². The normalized spacial score (nSPS) is 11.6. The van der Waals surface area contributed by atoms with Crippen molar-refractivity contribution in [1.29, 1.82) is 0 Å². The Kier molecular flexibility index (Phi) is 6.24. The van der Waals surface area contributed by atoms with Crippen LogP contribution in [-0.4, -0.2) is 25.0 Å². The quantitative estimate of drug-likeness (QED) is 0.251. The zero-order valence-electron chi connectivity index (χ0n) is 20.5. The Bertz CT molecular complexity index is 1750. The largest absolute Gasteiger partial charge is 0.416 e. The molecule has 1 N–H and O–H groups in total. The third-order valence-corrected chi connectivity index (χ3v) is 6.21. The molecular formula is C30H21F3N6. The van der Waals surface area contributed by atoms with Crippen molar-refractivity contribution in [3.8, 4) is 28.2 Å². The molecule has 0 radical (unpaired) electrons. The van der Waals surface area contributed by atoms with Gasteiger partial charge < -0.3 is 5.32 Å². The molecule has 0 atom stereocenters. The fourth-order valence-corrected chi connectivity index (χ4v) is 4.28. The van der Waals surface area contributed by atoms with Crippen LogP contribution in [0.3, 0.4) is 0 Å². The van der Waals surface area contributed by atoms with Gasteiger partial charge in [-0.3, -0.25) is 0 Å². The van der Waals surface area contributed by atoms with Crippen LogP contribution >= 0.6 is 0 Å². The summed E-state index contributed by atoms with van der Waals surface area (Å²) in [7, 11) is 0. The molecule has 4 aromatic carbocycles. The number of benzene rings is 4. The summed E-state index contributed by atoms with van der Waals surface area (Å²) < 4.78 is 40.5. The zero-order valence-corrected chi connectivity index (χ0v) is 20.5. The molecule has 9 heteroatoms. The van der Waals surface area contributed by atoms with Crippen molar-refractivity contribution in [2.24, 2.45) is 0 Å². The number of fused-ring (bicyclic) bond motifs is 1. The zero-order chi connectivity index (χ0) is 26.8. The fraction of sp³-hybridized carbons (Fsp3) is 0.0667. The predicted octanol–water partition coefficient (Wildman–Crippen LogP) is 7.18. The van der Waals surface area contributed by atoms with E-state index < -0.39 is 11.7 Å². The Labute approximate surface area is 221 Å². The summed E-state index contributed by atoms with van der Waals surface area (Å²) in [6.07, 6.45) is -2.83. The highest BCUT2D eigenvalue weighted by atomic mass is 19.4. The summed E-state index contributed by atoms with van der Waals surface area (Å²) >= 11 is 0. The first-order valence-electron chi connectivity index (χ1n) is 12.2. The number of nitrogens with one attached hydrogen (secondary N) is 1. The van der Waals surface area contributed by atoms with Crippen LogP contribution < -0.4 is 5.32 Å². The molecular weight excluding hydrogens is 501 g/mol. The van der Waals surface area contributed by atoms with Gasteiger partial charge in [0.05, 0.1) is 46.4 Å². The van der Waals surface area contributed by atoms with Gasteiger partial charge in [-0.05, 0) is 36.4 Å². The van der Waals surface area contributed by atoms with Gasteiger partial charge in [0.25, 0.3) is 0 Å². The lowest BCUT2D eigenvalue weighted by Gasteiger charge is -2.12. The van der Waals surface area contributed by atoms with Crippen molar-refractivity contribution in [3.63, 3.8) is 0 Å². The highest BCUT2D eigenvalue weighted by Gasteiger charge is 2.30. The van der Waals surface area contributed by atoms with E-state index in [0.29, 0.717) is 12.2 Å². The van der Waals surface area contributed by atoms with Gasteiger partial charge in [-0.25, -0.2) is 14.6 Å². The lowest BCUT2D eigenvalue weighted by molar-refractivity contribution is -0.137. The van der Waals surface area contributed by atoms with E-state index >= 15 is 0 Å². The molecule has 39 heavy (non-hydrogen) atoms. The highest BCUT2D eigenvalue weighted by molar-refractivity contribution is 5.87. The average Bonchev–Trinajstić information content (AvgIpc) is 3.45. The summed E-state index contributed by atoms with van der Waals surface area (Å²) in [4.78, 5) is 9.93. The van der Waals surface area contributed by atoms with E-state index in [1.54, 1.807) is 12.3 Å². The molecule has 0 bridgehead atoms. The van der Waals surface area contributed by atoms with Crippen LogP contribution in [0.15, 0.2) is 109 Å². The maximum Gasteiger partial charge on any atom is 0.416 e. The maximum absolute atomic E-state index is 13.1. The van der Waals surface area contributed by atoms with Crippen molar-refractivity contribution >= 4 is 16.7 Å². The fourth-order valence-electron chi connectivity index (χ4n) is 4.28. The van der Waals surface area contributed by atoms with Crippen molar-refractivity contribution in [2.75, 3.05) is 5.32 Å². The molecule has 192 valence electrons. The third-order valence-electron chi connectivity index (χ3n) is 6.21. The number of halogens is 3. The summed E-state index contributed by atoms with van der Waals surface area (Å²) in [5, 5.41) is 11.4. The van der Waals surface area contributed by atoms with Crippen molar-refractivity contribution in [3.05, 3.63) is 121 Å². The Morgan fingerprint density at radius 1 is 0.692 bits per heavy atom. The highest BCUT2D eigenvalue weighted by Crippen LogP contribution is 2.32. The second-order valence-electron chi connectivity index (χ2n) is 8.91. The van der Waals surface area contributed by atoms with Crippen molar-refractivity contribution in [1.82, 2.24) is 25.0 Å². The minimum atomic E-state index is -4.43. The second-order valence-corrected chi connectivity index (χ2v) is 8.91. The van der Waals surface area contributed by atoms with Crippen LogP contribution in [0.2, 0.25) is 0 Å². The van der Waals surface area contributed by atoms with Gasteiger partial charge in [0, 0.05) is 16.8 Å². The van der Waals surface area contributed by atoms with Gasteiger partial charge >= 0.3 is 6.18 Å². The van der Waals surface area contributed by atoms with E-state index in [0.717, 1.165) is 51.4 Å². The molecule has 6 rings (SSSR count). The smallest absolute Gasteiger partial charge is 0.379 e. The Balaban J connectivity index is 1.27. The molecule has 0 fully saturated rings. The number of alkyl halides is 3. The van der Waals surface area contributed by atoms with E-state index in [1.165, 1.54) is 10.7 Å². The molecule has 6 aromatic rings. The summed E-state index contributed by atoms with van der Waals surface area (Å²) in [6.45, 7) is 0.325. The maximum atomic E-state index is 13.1. The molecule has 2 aromatic heterocycles. The van der Waals surface area contributed by atoms with Gasteiger partial charge in [0.2, 0.25) is 0 Å². The predicted molar refractivity (Wildman–Crippen MR) is 144 cm³/mol. The van der Waals surface area contributed by atoms with Crippen LogP contribution in [0.5, 0.6) is 0 Å². The van der Waals surface area contributed by atoms with Crippen molar-refractivity contribution < 1.29 is 13.2 Å². The molecule has 0 saturated carbocycles. The van der Waals surface area contributed by atoms with E-state index in [4.69, 9.17) is 9.97 Å². The molecule has 0 spiro atoms. The molecule has 2 heterocycles. The number of rotatable bonds is 6. The number of anilines is 1. The Morgan fingerprint density at radius 2 is 1.36 bits per heavy atom. The van der Waals surface area contributed by atoms with Gasteiger partial charge in [-0.15, -0.1) is 5.10 Å². The van der Waals surface area contributed by atoms with E-state index in [9.17, 15) is 13.2 Å². The number of hydrogen-bond donors (Lipinski definition) is 1. The van der Waals surface area contributed by atoms with Crippen molar-refractivity contribution in [2.45, 2.75) is 12.7 Å². The average molecular weight is 523 g/mol. The monoisotopic (exact) mass is 522 g/mol. The molecule has 0 aliphatic heterocycles. The summed E-state index contributed by atoms with van der Waals surface area (Å²) in [6, 6.07) is 30.6. The van der Waals surface area contributed by atoms with Gasteiger partial charge in [0.15, 0.2) is 0 Å². The molecule has 0 aliphatic rings. The van der Waals surface area contributed by atoms with Gasteiger partial charge in [-0.2, -0.15) is 13.2 Å². The first kappa shape index (κ1) is 24.3. The van der Waals surface area contributed by atoms with Crippen LogP contribution in [0.4, 0.5) is 18.9 Å². The Hall–Kier alpha value is -5.05. The first-order valence-corrected chi connectivity index (χ1v) is 12.2. The van der Waals surface area contributed by atoms with Crippen LogP contribution in [0.25, 0.3) is 39.2 Å². The molecule has 0 aliphatic carbocycles. The van der Waals surface area contributed by atoms with Gasteiger partial charge in [-0.1, -0.05) is 71.9 Å². The lowest BCUT2D eigenvalue weighted by Crippen LogP contribution is -2.06. The van der Waals surface area contributed by atoms with E-state index in [-0.39, 0.29) is 5.69 Å². The number of nitrogens with zero attached hydrogens (tertiary/aromatic N) is 5. The lowest BCUT2D eigenvalue weighted by atomic mass is 10.0. The second kappa shape index (κ2) is 10.0. The van der Waals surface area contributed by atoms with Crippen LogP contribution in [0, 0.1) is 0 Å². The van der Waals surface area contributed by atoms with Crippen LogP contribution in [0.1, 0.15) is 11.3 Å². The van der Waals surface area contributed by atoms with E-state index in [2.05, 4.69) is 15.6 Å². The third kappa shape index (κ3) is 5.19. The molecule has 6 nitrogen and oxygen atoms in total. The number of hydrogen-bond acceptors (Lipinski definition) is 5. The van der Waals surface area contributed by atoms with E-state index in [1.807, 2.05) is 78.9 Å². The minimum Gasteiger partial charge on any atom is -0.379 e. The minimum absolute atomic E-state index is 0.284. The van der Waals surface area contributed by atoms with Gasteiger partial charge in [0.1, 0.15) is 5.69 Å². The Morgan fingerprint density at radius 3 is 2.03 bits per heavy atom. The topological polar surface area (TPSA) is 68.5 Å². The molecule has 0 unspecified atom stereocenters. The standard InChI is InChI=1S/C30H21F3N6/c31-30(32,33)22-12-7-13-25(16-22)39-19-24(37-38-39)18-34-23-14-15-26-27(17-23)36-29(21-10-5-2-6-11-21)28(35-26)20-8-3-1-4-9-20/h1-17,19,34H,18H2. The SMILES string of the molecule is FC(F)(F)c1cccc(-n2cc(CNc3ccc4nc(-c5ccccc5)c(-c5ccccc5)nc4c3)nn2)c1.